The number of carbonyl (C=O) groups is 1. The Morgan fingerprint density at radius 2 is 2.05 bits per heavy atom. The summed E-state index contributed by atoms with van der Waals surface area (Å²) >= 11 is 0. The van der Waals surface area contributed by atoms with E-state index in [1.165, 1.54) is 6.42 Å². The first-order chi connectivity index (χ1) is 10.1. The lowest BCUT2D eigenvalue weighted by atomic mass is 9.71. The van der Waals surface area contributed by atoms with Gasteiger partial charge in [-0.1, -0.05) is 25.0 Å². The molecule has 1 saturated carbocycles. The van der Waals surface area contributed by atoms with Gasteiger partial charge in [-0.25, -0.2) is 0 Å². The van der Waals surface area contributed by atoms with Crippen LogP contribution in [0.5, 0.6) is 0 Å². The van der Waals surface area contributed by atoms with E-state index in [1.807, 2.05) is 29.2 Å². The molecule has 1 heterocycles. The molecule has 114 valence electrons. The van der Waals surface area contributed by atoms with Crippen molar-refractivity contribution >= 4 is 11.6 Å². The Balaban J connectivity index is 1.62. The van der Waals surface area contributed by atoms with E-state index in [9.17, 15) is 9.90 Å². The average molecular weight is 288 g/mol. The Morgan fingerprint density at radius 1 is 1.29 bits per heavy atom. The summed E-state index contributed by atoms with van der Waals surface area (Å²) < 4.78 is 0. The average Bonchev–Trinajstić information content (AvgIpc) is 2.48. The minimum absolute atomic E-state index is 0.160. The van der Waals surface area contributed by atoms with Crippen molar-refractivity contribution in [1.82, 2.24) is 4.90 Å². The molecule has 21 heavy (non-hydrogen) atoms. The molecule has 3 N–H and O–H groups in total. The fraction of sp³-hybridized carbons (Fsp3) is 0.588. The van der Waals surface area contributed by atoms with Gasteiger partial charge in [-0.05, 0) is 37.0 Å². The van der Waals surface area contributed by atoms with Crippen LogP contribution in [0, 0.1) is 5.92 Å². The third kappa shape index (κ3) is 3.05. The smallest absolute Gasteiger partial charge is 0.227 e. The van der Waals surface area contributed by atoms with Gasteiger partial charge in [0.05, 0.1) is 12.0 Å². The number of likely N-dealkylation sites (tertiary alicyclic amines) is 1. The van der Waals surface area contributed by atoms with Crippen molar-refractivity contribution in [1.29, 1.82) is 0 Å². The standard InChI is InChI=1S/C17H24N2O2/c18-15-6-4-13(5-7-15)11-16(20)19-10-9-17(21)8-2-1-3-14(17)12-19/h4-7,14,21H,1-3,8-12,18H2. The second-order valence-electron chi connectivity index (χ2n) is 6.55. The number of rotatable bonds is 2. The van der Waals surface area contributed by atoms with Crippen molar-refractivity contribution in [2.75, 3.05) is 18.8 Å². The van der Waals surface area contributed by atoms with Gasteiger partial charge in [0.25, 0.3) is 0 Å². The van der Waals surface area contributed by atoms with Crippen molar-refractivity contribution in [2.24, 2.45) is 5.92 Å². The van der Waals surface area contributed by atoms with Crippen LogP contribution in [0.15, 0.2) is 24.3 Å². The first-order valence-electron chi connectivity index (χ1n) is 7.91. The Bertz CT molecular complexity index is 514. The molecule has 0 aromatic heterocycles. The number of amides is 1. The van der Waals surface area contributed by atoms with E-state index in [4.69, 9.17) is 5.73 Å². The number of carbonyl (C=O) groups excluding carboxylic acids is 1. The molecule has 2 fully saturated rings. The van der Waals surface area contributed by atoms with Crippen LogP contribution in [-0.4, -0.2) is 34.6 Å². The molecule has 0 radical (unpaired) electrons. The fourth-order valence-corrected chi connectivity index (χ4v) is 3.72. The van der Waals surface area contributed by atoms with E-state index in [0.29, 0.717) is 19.5 Å². The van der Waals surface area contributed by atoms with E-state index in [2.05, 4.69) is 0 Å². The molecule has 1 saturated heterocycles. The number of hydrogen-bond donors (Lipinski definition) is 2. The maximum absolute atomic E-state index is 12.4. The minimum Gasteiger partial charge on any atom is -0.399 e. The molecule has 4 heteroatoms. The van der Waals surface area contributed by atoms with E-state index in [0.717, 1.165) is 36.9 Å². The van der Waals surface area contributed by atoms with Gasteiger partial charge in [-0.3, -0.25) is 4.79 Å². The number of anilines is 1. The quantitative estimate of drug-likeness (QED) is 0.818. The third-order valence-electron chi connectivity index (χ3n) is 5.12. The van der Waals surface area contributed by atoms with Crippen LogP contribution in [-0.2, 0) is 11.2 Å². The zero-order valence-electron chi connectivity index (χ0n) is 12.4. The van der Waals surface area contributed by atoms with Crippen molar-refractivity contribution in [3.05, 3.63) is 29.8 Å². The molecular weight excluding hydrogens is 264 g/mol. The van der Waals surface area contributed by atoms with Crippen LogP contribution < -0.4 is 5.73 Å². The molecular formula is C17H24N2O2. The number of nitrogens with zero attached hydrogens (tertiary/aromatic N) is 1. The molecule has 1 aliphatic carbocycles. The van der Waals surface area contributed by atoms with E-state index < -0.39 is 5.60 Å². The Hall–Kier alpha value is -1.55. The van der Waals surface area contributed by atoms with Crippen LogP contribution >= 0.6 is 0 Å². The number of benzene rings is 1. The number of piperidine rings is 1. The normalized spacial score (nSPS) is 29.0. The zero-order chi connectivity index (χ0) is 14.9. The predicted molar refractivity (Wildman–Crippen MR) is 82.7 cm³/mol. The summed E-state index contributed by atoms with van der Waals surface area (Å²) in [5.41, 5.74) is 6.87. The molecule has 4 nitrogen and oxygen atoms in total. The van der Waals surface area contributed by atoms with Crippen LogP contribution in [0.1, 0.15) is 37.7 Å². The van der Waals surface area contributed by atoms with Crippen LogP contribution in [0.3, 0.4) is 0 Å². The van der Waals surface area contributed by atoms with Crippen LogP contribution in [0.25, 0.3) is 0 Å². The first kappa shape index (κ1) is 14.4. The summed E-state index contributed by atoms with van der Waals surface area (Å²) in [6.07, 6.45) is 5.38. The summed E-state index contributed by atoms with van der Waals surface area (Å²) in [6.45, 7) is 1.39. The van der Waals surface area contributed by atoms with Crippen LogP contribution in [0.2, 0.25) is 0 Å². The van der Waals surface area contributed by atoms with Crippen molar-refractivity contribution < 1.29 is 9.90 Å². The summed E-state index contributed by atoms with van der Waals surface area (Å²) in [6, 6.07) is 7.49. The van der Waals surface area contributed by atoms with Gasteiger partial charge in [-0.15, -0.1) is 0 Å². The highest BCUT2D eigenvalue weighted by Crippen LogP contribution is 2.39. The lowest BCUT2D eigenvalue weighted by Crippen LogP contribution is -2.54. The van der Waals surface area contributed by atoms with E-state index in [1.54, 1.807) is 0 Å². The molecule has 3 rings (SSSR count). The third-order valence-corrected chi connectivity index (χ3v) is 5.12. The van der Waals surface area contributed by atoms with Crippen molar-refractivity contribution in [3.63, 3.8) is 0 Å². The van der Waals surface area contributed by atoms with Crippen LogP contribution in [0.4, 0.5) is 5.69 Å². The van der Waals surface area contributed by atoms with E-state index in [-0.39, 0.29) is 11.8 Å². The van der Waals surface area contributed by atoms with Gasteiger partial charge in [-0.2, -0.15) is 0 Å². The monoisotopic (exact) mass is 288 g/mol. The molecule has 0 bridgehead atoms. The molecule has 2 aliphatic rings. The van der Waals surface area contributed by atoms with Gasteiger partial charge in [0.2, 0.25) is 5.91 Å². The number of fused-ring (bicyclic) bond motifs is 1. The van der Waals surface area contributed by atoms with E-state index >= 15 is 0 Å². The molecule has 0 spiro atoms. The Morgan fingerprint density at radius 3 is 2.81 bits per heavy atom. The Kier molecular flexibility index (Phi) is 3.89. The second kappa shape index (κ2) is 5.68. The second-order valence-corrected chi connectivity index (χ2v) is 6.55. The van der Waals surface area contributed by atoms with Gasteiger partial charge in [0.1, 0.15) is 0 Å². The van der Waals surface area contributed by atoms with Crippen molar-refractivity contribution in [2.45, 2.75) is 44.1 Å². The highest BCUT2D eigenvalue weighted by atomic mass is 16.3. The summed E-state index contributed by atoms with van der Waals surface area (Å²) in [4.78, 5) is 14.4. The number of aliphatic hydroxyl groups is 1. The highest BCUT2D eigenvalue weighted by molar-refractivity contribution is 5.79. The molecule has 1 aromatic carbocycles. The molecule has 1 aliphatic heterocycles. The molecule has 2 unspecified atom stereocenters. The van der Waals surface area contributed by atoms with Gasteiger partial charge in [0, 0.05) is 24.7 Å². The van der Waals surface area contributed by atoms with Gasteiger partial charge < -0.3 is 15.7 Å². The number of nitrogens with two attached hydrogens (primary N) is 1. The lowest BCUT2D eigenvalue weighted by molar-refractivity contribution is -0.142. The Labute approximate surface area is 125 Å². The maximum atomic E-state index is 12.4. The zero-order valence-corrected chi connectivity index (χ0v) is 12.4. The molecule has 1 aromatic rings. The summed E-state index contributed by atoms with van der Waals surface area (Å²) in [5.74, 6) is 0.419. The number of hydrogen-bond acceptors (Lipinski definition) is 3. The molecule has 1 amide bonds. The largest absolute Gasteiger partial charge is 0.399 e. The SMILES string of the molecule is Nc1ccc(CC(=O)N2CCC3(O)CCCCC3C2)cc1. The number of nitrogen functional groups attached to an aromatic ring is 1. The van der Waals surface area contributed by atoms with Crippen molar-refractivity contribution in [3.8, 4) is 0 Å². The maximum Gasteiger partial charge on any atom is 0.227 e. The summed E-state index contributed by atoms with van der Waals surface area (Å²) in [7, 11) is 0. The fourth-order valence-electron chi connectivity index (χ4n) is 3.72. The van der Waals surface area contributed by atoms with Gasteiger partial charge >= 0.3 is 0 Å². The summed E-state index contributed by atoms with van der Waals surface area (Å²) in [5, 5.41) is 10.7. The highest BCUT2D eigenvalue weighted by Gasteiger charge is 2.43. The first-order valence-corrected chi connectivity index (χ1v) is 7.91. The lowest BCUT2D eigenvalue weighted by Gasteiger charge is -2.47. The molecule has 2 atom stereocenters. The topological polar surface area (TPSA) is 66.6 Å². The minimum atomic E-state index is -0.518. The van der Waals surface area contributed by atoms with Gasteiger partial charge in [0.15, 0.2) is 0 Å². The predicted octanol–water partition coefficient (Wildman–Crippen LogP) is 1.96.